The fourth-order valence-electron chi connectivity index (χ4n) is 2.50. The van der Waals surface area contributed by atoms with Crippen molar-refractivity contribution in [3.8, 4) is 5.75 Å². The van der Waals surface area contributed by atoms with E-state index in [1.807, 2.05) is 0 Å². The average molecular weight is 278 g/mol. The first-order valence-corrected chi connectivity index (χ1v) is 7.11. The molecule has 0 amide bonds. The minimum absolute atomic E-state index is 0.232. The highest BCUT2D eigenvalue weighted by molar-refractivity contribution is 7.80. The van der Waals surface area contributed by atoms with Gasteiger partial charge in [0.05, 0.1) is 4.99 Å². The lowest BCUT2D eigenvalue weighted by molar-refractivity contribution is 0.146. The lowest BCUT2D eigenvalue weighted by Crippen LogP contribution is -2.39. The molecule has 0 fully saturated rings. The molecular formula is C15H22N2OS. The third-order valence-corrected chi connectivity index (χ3v) is 3.86. The lowest BCUT2D eigenvalue weighted by atomic mass is 10.1. The van der Waals surface area contributed by atoms with Gasteiger partial charge in [-0.25, -0.2) is 0 Å². The molecule has 2 rings (SSSR count). The summed E-state index contributed by atoms with van der Waals surface area (Å²) in [5.41, 5.74) is 8.21. The summed E-state index contributed by atoms with van der Waals surface area (Å²) < 4.78 is 5.98. The first-order valence-electron chi connectivity index (χ1n) is 6.70. The second-order valence-electron chi connectivity index (χ2n) is 5.51. The fraction of sp³-hybridized carbons (Fsp3) is 0.533. The number of hydrogen-bond acceptors (Lipinski definition) is 3. The molecule has 1 aliphatic heterocycles. The Morgan fingerprint density at radius 2 is 2.32 bits per heavy atom. The van der Waals surface area contributed by atoms with Crippen LogP contribution >= 0.6 is 12.2 Å². The molecule has 4 heteroatoms. The Morgan fingerprint density at radius 1 is 1.58 bits per heavy atom. The topological polar surface area (TPSA) is 38.5 Å². The van der Waals surface area contributed by atoms with Crippen LogP contribution in [0.2, 0.25) is 0 Å². The van der Waals surface area contributed by atoms with Gasteiger partial charge in [0, 0.05) is 25.4 Å². The lowest BCUT2D eigenvalue weighted by Gasteiger charge is -2.26. The Balaban J connectivity index is 1.91. The summed E-state index contributed by atoms with van der Waals surface area (Å²) in [4.78, 5) is 2.84. The molecule has 2 unspecified atom stereocenters. The maximum Gasteiger partial charge on any atom is 0.123 e. The van der Waals surface area contributed by atoms with Crippen molar-refractivity contribution in [1.82, 2.24) is 4.90 Å². The molecule has 1 aliphatic rings. The molecular weight excluding hydrogens is 256 g/mol. The smallest absolute Gasteiger partial charge is 0.123 e. The first-order chi connectivity index (χ1) is 8.95. The predicted molar refractivity (Wildman–Crippen MR) is 82.8 cm³/mol. The second-order valence-corrected chi connectivity index (χ2v) is 6.04. The second kappa shape index (κ2) is 5.88. The van der Waals surface area contributed by atoms with Crippen molar-refractivity contribution in [3.05, 3.63) is 29.3 Å². The van der Waals surface area contributed by atoms with Crippen molar-refractivity contribution in [3.63, 3.8) is 0 Å². The van der Waals surface area contributed by atoms with Gasteiger partial charge in [-0.1, -0.05) is 29.9 Å². The van der Waals surface area contributed by atoms with Crippen LogP contribution in [0.3, 0.4) is 0 Å². The van der Waals surface area contributed by atoms with E-state index in [0.717, 1.165) is 25.1 Å². The molecule has 1 aromatic rings. The molecule has 0 aliphatic carbocycles. The quantitative estimate of drug-likeness (QED) is 0.839. The van der Waals surface area contributed by atoms with Crippen LogP contribution in [0.1, 0.15) is 24.5 Å². The molecule has 0 saturated heterocycles. The zero-order chi connectivity index (χ0) is 14.0. The molecule has 0 aromatic heterocycles. The van der Waals surface area contributed by atoms with Gasteiger partial charge in [0.15, 0.2) is 0 Å². The summed E-state index contributed by atoms with van der Waals surface area (Å²) in [6.45, 7) is 5.16. The van der Waals surface area contributed by atoms with Crippen LogP contribution in [0.4, 0.5) is 0 Å². The zero-order valence-corrected chi connectivity index (χ0v) is 12.7. The minimum Gasteiger partial charge on any atom is -0.488 e. The molecule has 0 radical (unpaired) electrons. The van der Waals surface area contributed by atoms with Crippen molar-refractivity contribution >= 4 is 17.2 Å². The molecule has 1 heterocycles. The van der Waals surface area contributed by atoms with Crippen molar-refractivity contribution in [2.75, 3.05) is 13.6 Å². The predicted octanol–water partition coefficient (Wildman–Crippen LogP) is 2.30. The maximum absolute atomic E-state index is 5.98. The molecule has 0 bridgehead atoms. The normalized spacial score (nSPS) is 19.1. The number of rotatable bonds is 5. The van der Waals surface area contributed by atoms with Gasteiger partial charge < -0.3 is 10.5 Å². The van der Waals surface area contributed by atoms with E-state index in [0.29, 0.717) is 11.0 Å². The highest BCUT2D eigenvalue weighted by atomic mass is 32.1. The summed E-state index contributed by atoms with van der Waals surface area (Å²) in [7, 11) is 2.10. The number of aryl methyl sites for hydroxylation is 1. The van der Waals surface area contributed by atoms with Gasteiger partial charge in [0.2, 0.25) is 0 Å². The van der Waals surface area contributed by atoms with Crippen LogP contribution in [-0.4, -0.2) is 35.6 Å². The number of hydrogen-bond donors (Lipinski definition) is 1. The molecule has 2 N–H and O–H groups in total. The monoisotopic (exact) mass is 278 g/mol. The number of thiocarbonyl (C=S) groups is 1. The van der Waals surface area contributed by atoms with Gasteiger partial charge in [-0.05, 0) is 32.5 Å². The number of likely N-dealkylation sites (N-methyl/N-ethyl adjacent to an activating group) is 1. The van der Waals surface area contributed by atoms with Gasteiger partial charge in [0.25, 0.3) is 0 Å². The Hall–Kier alpha value is -1.13. The summed E-state index contributed by atoms with van der Waals surface area (Å²) in [6.07, 6.45) is 1.97. The molecule has 104 valence electrons. The third kappa shape index (κ3) is 3.67. The summed E-state index contributed by atoms with van der Waals surface area (Å²) in [5, 5.41) is 0. The highest BCUT2D eigenvalue weighted by Crippen LogP contribution is 2.29. The molecule has 2 atom stereocenters. The van der Waals surface area contributed by atoms with E-state index >= 15 is 0 Å². The molecule has 3 nitrogen and oxygen atoms in total. The SMILES string of the molecule is Cc1ccc2c(c1)CC(CN(C)C(C)CC(N)=S)O2. The third-order valence-electron chi connectivity index (χ3n) is 3.70. The largest absolute Gasteiger partial charge is 0.488 e. The van der Waals surface area contributed by atoms with E-state index in [9.17, 15) is 0 Å². The number of nitrogens with zero attached hydrogens (tertiary/aromatic N) is 1. The van der Waals surface area contributed by atoms with E-state index < -0.39 is 0 Å². The summed E-state index contributed by atoms with van der Waals surface area (Å²) in [6, 6.07) is 6.74. The number of ether oxygens (including phenoxy) is 1. The van der Waals surface area contributed by atoms with Crippen molar-refractivity contribution in [1.29, 1.82) is 0 Å². The van der Waals surface area contributed by atoms with E-state index in [4.69, 9.17) is 22.7 Å². The van der Waals surface area contributed by atoms with Crippen molar-refractivity contribution in [2.45, 2.75) is 38.8 Å². The zero-order valence-electron chi connectivity index (χ0n) is 11.8. The van der Waals surface area contributed by atoms with E-state index in [1.54, 1.807) is 0 Å². The number of fused-ring (bicyclic) bond motifs is 1. The van der Waals surface area contributed by atoms with Crippen molar-refractivity contribution < 1.29 is 4.74 Å². The van der Waals surface area contributed by atoms with Gasteiger partial charge in [-0.2, -0.15) is 0 Å². The van der Waals surface area contributed by atoms with Gasteiger partial charge >= 0.3 is 0 Å². The van der Waals surface area contributed by atoms with Crippen LogP contribution in [0.25, 0.3) is 0 Å². The minimum atomic E-state index is 0.232. The number of nitrogens with two attached hydrogens (primary N) is 1. The van der Waals surface area contributed by atoms with Crippen LogP contribution < -0.4 is 10.5 Å². The van der Waals surface area contributed by atoms with E-state index in [2.05, 4.69) is 44.0 Å². The Kier molecular flexibility index (Phi) is 4.42. The van der Waals surface area contributed by atoms with Gasteiger partial charge in [-0.3, -0.25) is 4.90 Å². The molecule has 0 spiro atoms. The van der Waals surface area contributed by atoms with E-state index in [1.165, 1.54) is 11.1 Å². The Labute approximate surface area is 120 Å². The number of benzene rings is 1. The van der Waals surface area contributed by atoms with Crippen LogP contribution in [0.5, 0.6) is 5.75 Å². The molecule has 19 heavy (non-hydrogen) atoms. The highest BCUT2D eigenvalue weighted by Gasteiger charge is 2.25. The van der Waals surface area contributed by atoms with Crippen LogP contribution in [0.15, 0.2) is 18.2 Å². The fourth-order valence-corrected chi connectivity index (χ4v) is 2.74. The first kappa shape index (κ1) is 14.3. The van der Waals surface area contributed by atoms with Crippen molar-refractivity contribution in [2.24, 2.45) is 5.73 Å². The van der Waals surface area contributed by atoms with Crippen LogP contribution in [-0.2, 0) is 6.42 Å². The summed E-state index contributed by atoms with van der Waals surface area (Å²) >= 11 is 4.96. The standard InChI is InChI=1S/C15H22N2OS/c1-10-4-5-14-12(6-10)8-13(18-14)9-17(3)11(2)7-15(16)19/h4-6,11,13H,7-9H2,1-3H3,(H2,16,19). The van der Waals surface area contributed by atoms with Gasteiger partial charge in [-0.15, -0.1) is 0 Å². The van der Waals surface area contributed by atoms with E-state index in [-0.39, 0.29) is 6.10 Å². The Morgan fingerprint density at radius 3 is 3.00 bits per heavy atom. The Bertz CT molecular complexity index is 475. The maximum atomic E-state index is 5.98. The van der Waals surface area contributed by atoms with Crippen LogP contribution in [0, 0.1) is 6.92 Å². The average Bonchev–Trinajstić information content (AvgIpc) is 2.69. The van der Waals surface area contributed by atoms with Gasteiger partial charge in [0.1, 0.15) is 11.9 Å². The summed E-state index contributed by atoms with van der Waals surface area (Å²) in [5.74, 6) is 1.03. The molecule has 0 saturated carbocycles. The molecule has 1 aromatic carbocycles.